The Bertz CT molecular complexity index is 829. The number of hydrogen-bond donors (Lipinski definition) is 1. The molecule has 146 valence electrons. The Morgan fingerprint density at radius 3 is 2.33 bits per heavy atom. The van der Waals surface area contributed by atoms with E-state index in [0.29, 0.717) is 16.1 Å². The minimum atomic E-state index is -4.81. The van der Waals surface area contributed by atoms with E-state index in [1.165, 1.54) is 24.3 Å². The molecule has 0 aliphatic carbocycles. The van der Waals surface area contributed by atoms with E-state index in [9.17, 15) is 18.0 Å². The number of halogens is 4. The van der Waals surface area contributed by atoms with Crippen LogP contribution in [0.15, 0.2) is 42.5 Å². The lowest BCUT2D eigenvalue weighted by Crippen LogP contribution is -2.24. The summed E-state index contributed by atoms with van der Waals surface area (Å²) in [5.41, 5.74) is 7.47. The fourth-order valence-electron chi connectivity index (χ4n) is 2.71. The van der Waals surface area contributed by atoms with E-state index in [2.05, 4.69) is 25.5 Å². The van der Waals surface area contributed by atoms with E-state index in [1.807, 2.05) is 18.2 Å². The van der Waals surface area contributed by atoms with E-state index in [1.54, 1.807) is 0 Å². The number of alkyl halides is 3. The maximum Gasteiger partial charge on any atom is 0.573 e. The van der Waals surface area contributed by atoms with E-state index < -0.39 is 23.9 Å². The lowest BCUT2D eigenvalue weighted by molar-refractivity contribution is -0.274. The summed E-state index contributed by atoms with van der Waals surface area (Å²) in [7, 11) is 0. The number of rotatable bonds is 5. The number of amides is 1. The highest BCUT2D eigenvalue weighted by Gasteiger charge is 2.31. The van der Waals surface area contributed by atoms with Crippen molar-refractivity contribution < 1.29 is 22.7 Å². The van der Waals surface area contributed by atoms with Crippen LogP contribution in [0.1, 0.15) is 43.4 Å². The zero-order chi connectivity index (χ0) is 20.4. The molecule has 0 aliphatic rings. The van der Waals surface area contributed by atoms with Gasteiger partial charge in [-0.2, -0.15) is 0 Å². The third kappa shape index (κ3) is 5.89. The Balaban J connectivity index is 2.32. The first-order valence-electron chi connectivity index (χ1n) is 8.31. The van der Waals surface area contributed by atoms with Crippen LogP contribution in [0, 0.1) is 0 Å². The minimum Gasteiger partial charge on any atom is -0.406 e. The Morgan fingerprint density at radius 1 is 1.15 bits per heavy atom. The third-order valence-corrected chi connectivity index (χ3v) is 4.53. The molecule has 0 aromatic heterocycles. The van der Waals surface area contributed by atoms with Crippen molar-refractivity contribution in [2.24, 2.45) is 5.73 Å². The van der Waals surface area contributed by atoms with Crippen molar-refractivity contribution in [1.82, 2.24) is 0 Å². The molecule has 2 aromatic carbocycles. The monoisotopic (exact) mass is 399 g/mol. The van der Waals surface area contributed by atoms with Gasteiger partial charge >= 0.3 is 6.36 Å². The number of benzene rings is 2. The molecule has 7 heteroatoms. The summed E-state index contributed by atoms with van der Waals surface area (Å²) in [5.74, 6) is -1.89. The van der Waals surface area contributed by atoms with Gasteiger partial charge in [0.1, 0.15) is 5.75 Å². The minimum absolute atomic E-state index is 0.0888. The SMILES string of the molecule is CC(C)(C)c1ccc(CC(C(N)=O)c2cccc(OC(F)(F)F)c2)c(Cl)c1. The second kappa shape index (κ2) is 7.80. The molecule has 0 heterocycles. The first-order chi connectivity index (χ1) is 12.4. The molecule has 2 aromatic rings. The van der Waals surface area contributed by atoms with Crippen LogP contribution >= 0.6 is 11.6 Å². The van der Waals surface area contributed by atoms with Crippen LogP contribution in [-0.4, -0.2) is 12.3 Å². The van der Waals surface area contributed by atoms with Crippen molar-refractivity contribution in [3.8, 4) is 5.75 Å². The van der Waals surface area contributed by atoms with Crippen molar-refractivity contribution in [2.75, 3.05) is 0 Å². The van der Waals surface area contributed by atoms with Crippen LogP contribution in [-0.2, 0) is 16.6 Å². The first-order valence-corrected chi connectivity index (χ1v) is 8.68. The molecular formula is C20H21ClF3NO2. The highest BCUT2D eigenvalue weighted by atomic mass is 35.5. The van der Waals surface area contributed by atoms with E-state index in [0.717, 1.165) is 5.56 Å². The summed E-state index contributed by atoms with van der Waals surface area (Å²) in [6, 6.07) is 10.8. The topological polar surface area (TPSA) is 52.3 Å². The lowest BCUT2D eigenvalue weighted by atomic mass is 9.85. The largest absolute Gasteiger partial charge is 0.573 e. The van der Waals surface area contributed by atoms with E-state index in [4.69, 9.17) is 17.3 Å². The fraction of sp³-hybridized carbons (Fsp3) is 0.350. The predicted octanol–water partition coefficient (Wildman–Crippen LogP) is 5.35. The van der Waals surface area contributed by atoms with E-state index >= 15 is 0 Å². The van der Waals surface area contributed by atoms with Crippen LogP contribution in [0.5, 0.6) is 5.75 Å². The summed E-state index contributed by atoms with van der Waals surface area (Å²) in [6.07, 6.45) is -4.64. The molecule has 1 atom stereocenters. The summed E-state index contributed by atoms with van der Waals surface area (Å²) in [6.45, 7) is 6.16. The quantitative estimate of drug-likeness (QED) is 0.737. The van der Waals surface area contributed by atoms with Crippen LogP contribution in [0.2, 0.25) is 5.02 Å². The number of ether oxygens (including phenoxy) is 1. The lowest BCUT2D eigenvalue weighted by Gasteiger charge is -2.21. The van der Waals surface area contributed by atoms with Gasteiger partial charge in [0.25, 0.3) is 0 Å². The van der Waals surface area contributed by atoms with Gasteiger partial charge in [-0.25, -0.2) is 0 Å². The van der Waals surface area contributed by atoms with Crippen LogP contribution < -0.4 is 10.5 Å². The molecule has 3 nitrogen and oxygen atoms in total. The Labute approximate surface area is 161 Å². The first kappa shape index (κ1) is 21.1. The maximum absolute atomic E-state index is 12.4. The van der Waals surface area contributed by atoms with E-state index in [-0.39, 0.29) is 11.8 Å². The van der Waals surface area contributed by atoms with Gasteiger partial charge in [-0.15, -0.1) is 13.2 Å². The standard InChI is InChI=1S/C20H21ClF3NO2/c1-19(2,3)14-8-7-13(17(21)11-14)10-16(18(25)26)12-5-4-6-15(9-12)27-20(22,23)24/h4-9,11,16H,10H2,1-3H3,(H2,25,26). The van der Waals surface area contributed by atoms with Crippen molar-refractivity contribution in [1.29, 1.82) is 0 Å². The van der Waals surface area contributed by atoms with Crippen LogP contribution in [0.4, 0.5) is 13.2 Å². The van der Waals surface area contributed by atoms with Gasteiger partial charge in [0.05, 0.1) is 5.92 Å². The molecule has 0 fully saturated rings. The van der Waals surface area contributed by atoms with Crippen molar-refractivity contribution in [3.63, 3.8) is 0 Å². The number of carbonyl (C=O) groups excluding carboxylic acids is 1. The zero-order valence-electron chi connectivity index (χ0n) is 15.2. The van der Waals surface area contributed by atoms with Crippen LogP contribution in [0.3, 0.4) is 0 Å². The molecule has 27 heavy (non-hydrogen) atoms. The average molecular weight is 400 g/mol. The van der Waals surface area contributed by atoms with Gasteiger partial charge < -0.3 is 10.5 Å². The molecule has 0 radical (unpaired) electrons. The molecule has 1 unspecified atom stereocenters. The molecule has 0 bridgehead atoms. The predicted molar refractivity (Wildman–Crippen MR) is 98.9 cm³/mol. The summed E-state index contributed by atoms with van der Waals surface area (Å²) < 4.78 is 41.2. The Kier molecular flexibility index (Phi) is 6.10. The molecule has 0 saturated carbocycles. The molecule has 0 saturated heterocycles. The van der Waals surface area contributed by atoms with Gasteiger partial charge in [0, 0.05) is 5.02 Å². The van der Waals surface area contributed by atoms with Crippen molar-refractivity contribution in [2.45, 2.75) is 44.9 Å². The van der Waals surface area contributed by atoms with Gasteiger partial charge in [-0.05, 0) is 46.7 Å². The van der Waals surface area contributed by atoms with Crippen molar-refractivity contribution in [3.05, 3.63) is 64.2 Å². The molecule has 2 rings (SSSR count). The Morgan fingerprint density at radius 2 is 1.81 bits per heavy atom. The van der Waals surface area contributed by atoms with Gasteiger partial charge in [0.15, 0.2) is 0 Å². The molecule has 2 N–H and O–H groups in total. The van der Waals surface area contributed by atoms with Crippen LogP contribution in [0.25, 0.3) is 0 Å². The number of nitrogens with two attached hydrogens (primary N) is 1. The molecule has 0 spiro atoms. The second-order valence-corrected chi connectivity index (χ2v) is 7.74. The normalized spacial score (nSPS) is 13.3. The summed E-state index contributed by atoms with van der Waals surface area (Å²) in [5, 5.41) is 0.483. The summed E-state index contributed by atoms with van der Waals surface area (Å²) >= 11 is 6.36. The number of primary amides is 1. The summed E-state index contributed by atoms with van der Waals surface area (Å²) in [4.78, 5) is 12.0. The van der Waals surface area contributed by atoms with Gasteiger partial charge in [0.2, 0.25) is 5.91 Å². The van der Waals surface area contributed by atoms with Crippen molar-refractivity contribution >= 4 is 17.5 Å². The Hall–Kier alpha value is -2.21. The van der Waals surface area contributed by atoms with Gasteiger partial charge in [-0.1, -0.05) is 56.6 Å². The number of carbonyl (C=O) groups is 1. The van der Waals surface area contributed by atoms with Gasteiger partial charge in [-0.3, -0.25) is 4.79 Å². The fourth-order valence-corrected chi connectivity index (χ4v) is 2.97. The average Bonchev–Trinajstić information content (AvgIpc) is 2.51. The second-order valence-electron chi connectivity index (χ2n) is 7.34. The smallest absolute Gasteiger partial charge is 0.406 e. The molecule has 1 amide bonds. The highest BCUT2D eigenvalue weighted by molar-refractivity contribution is 6.31. The highest BCUT2D eigenvalue weighted by Crippen LogP contribution is 2.32. The number of hydrogen-bond acceptors (Lipinski definition) is 2. The zero-order valence-corrected chi connectivity index (χ0v) is 16.0. The molecule has 0 aliphatic heterocycles. The third-order valence-electron chi connectivity index (χ3n) is 4.18. The maximum atomic E-state index is 12.4. The molecular weight excluding hydrogens is 379 g/mol.